The molecular weight excluding hydrogens is 569 g/mol. The van der Waals surface area contributed by atoms with Crippen molar-refractivity contribution in [3.8, 4) is 0 Å². The van der Waals surface area contributed by atoms with Crippen LogP contribution in [0.15, 0.2) is 73.3 Å². The van der Waals surface area contributed by atoms with E-state index in [2.05, 4.69) is 25.3 Å². The third-order valence-corrected chi connectivity index (χ3v) is 6.40. The number of ketones is 1. The first-order valence-electron chi connectivity index (χ1n) is 12.1. The molecule has 0 fully saturated rings. The molecule has 0 spiro atoms. The van der Waals surface area contributed by atoms with Crippen molar-refractivity contribution in [2.24, 2.45) is 0 Å². The van der Waals surface area contributed by atoms with Gasteiger partial charge in [0.25, 0.3) is 11.8 Å². The smallest absolute Gasteiger partial charge is 0.293 e. The lowest BCUT2D eigenvalue weighted by Crippen LogP contribution is -2.33. The molecule has 4 aromatic rings. The third-order valence-electron chi connectivity index (χ3n) is 5.66. The number of carbonyl (C=O) groups is 4. The number of benzene rings is 2. The molecule has 11 nitrogen and oxygen atoms in total. The van der Waals surface area contributed by atoms with Crippen LogP contribution in [0.2, 0.25) is 10.0 Å². The number of carbonyl (C=O) groups excluding carboxylic acids is 4. The van der Waals surface area contributed by atoms with E-state index in [1.165, 1.54) is 52.8 Å². The van der Waals surface area contributed by atoms with Crippen molar-refractivity contribution in [3.05, 3.63) is 106 Å². The first kappa shape index (κ1) is 29.2. The van der Waals surface area contributed by atoms with Gasteiger partial charge in [0.15, 0.2) is 5.82 Å². The number of nitrogens with one attached hydrogen (secondary N) is 1. The number of hydrogen-bond donors (Lipinski definition) is 1. The van der Waals surface area contributed by atoms with E-state index in [9.17, 15) is 19.2 Å². The van der Waals surface area contributed by atoms with Crippen LogP contribution in [0.5, 0.6) is 0 Å². The van der Waals surface area contributed by atoms with Crippen molar-refractivity contribution < 1.29 is 19.2 Å². The lowest BCUT2D eigenvalue weighted by molar-refractivity contribution is -0.117. The highest BCUT2D eigenvalue weighted by Gasteiger charge is 2.24. The Bertz CT molecular complexity index is 1600. The monoisotopic (exact) mass is 591 g/mol. The van der Waals surface area contributed by atoms with Crippen molar-refractivity contribution in [3.63, 3.8) is 0 Å². The molecule has 0 saturated carbocycles. The average molecular weight is 592 g/mol. The van der Waals surface area contributed by atoms with Gasteiger partial charge in [-0.2, -0.15) is 0 Å². The Morgan fingerprint density at radius 1 is 0.805 bits per heavy atom. The molecule has 0 aliphatic heterocycles. The molecule has 208 valence electrons. The molecule has 0 bridgehead atoms. The number of hydrogen-bond acceptors (Lipinski definition) is 8. The first-order valence-corrected chi connectivity index (χ1v) is 12.9. The molecule has 0 aliphatic rings. The van der Waals surface area contributed by atoms with E-state index in [-0.39, 0.29) is 46.1 Å². The van der Waals surface area contributed by atoms with Gasteiger partial charge in [0.2, 0.25) is 17.5 Å². The van der Waals surface area contributed by atoms with Crippen LogP contribution in [-0.2, 0) is 11.3 Å². The van der Waals surface area contributed by atoms with Gasteiger partial charge in [0, 0.05) is 55.8 Å². The van der Waals surface area contributed by atoms with Gasteiger partial charge in [-0.1, -0.05) is 29.3 Å². The Morgan fingerprint density at radius 3 is 2.05 bits per heavy atom. The number of anilines is 2. The topological polar surface area (TPSA) is 138 Å². The average Bonchev–Trinajstić information content (AvgIpc) is 2.97. The summed E-state index contributed by atoms with van der Waals surface area (Å²) in [4.78, 5) is 70.7. The van der Waals surface area contributed by atoms with Crippen molar-refractivity contribution in [1.29, 1.82) is 0 Å². The summed E-state index contributed by atoms with van der Waals surface area (Å²) in [5.41, 5.74) is 1.22. The van der Waals surface area contributed by atoms with Crippen molar-refractivity contribution in [1.82, 2.24) is 24.8 Å². The maximum absolute atomic E-state index is 13.6. The maximum Gasteiger partial charge on any atom is 0.293 e. The van der Waals surface area contributed by atoms with Gasteiger partial charge >= 0.3 is 0 Å². The van der Waals surface area contributed by atoms with E-state index in [1.807, 2.05) is 0 Å². The number of aromatic nitrogens is 4. The van der Waals surface area contributed by atoms with Crippen LogP contribution in [-0.4, -0.2) is 62.4 Å². The molecule has 2 heterocycles. The summed E-state index contributed by atoms with van der Waals surface area (Å²) in [5, 5.41) is 3.28. The standard InChI is InChI=1S/C28H23Cl2N7O4/c1-36(2)28(41)18-12-19(35-27(40)26-33-9-4-10-34-26)14-20(13-18)37(16-17-5-6-21(29)22(30)11-17)24(39)15-23(38)25-31-7-3-8-32-25/h3-14H,15-16H2,1-2H3,(H,35,40). The maximum atomic E-state index is 13.6. The van der Waals surface area contributed by atoms with E-state index in [1.54, 1.807) is 44.4 Å². The number of halogens is 2. The fourth-order valence-electron chi connectivity index (χ4n) is 3.72. The van der Waals surface area contributed by atoms with Crippen LogP contribution >= 0.6 is 23.2 Å². The minimum absolute atomic E-state index is 0.0343. The van der Waals surface area contributed by atoms with Gasteiger partial charge < -0.3 is 15.1 Å². The second-order valence-electron chi connectivity index (χ2n) is 8.90. The molecular formula is C28H23Cl2N7O4. The lowest BCUT2D eigenvalue weighted by Gasteiger charge is -2.25. The Balaban J connectivity index is 1.76. The molecule has 2 aromatic heterocycles. The predicted molar refractivity (Wildman–Crippen MR) is 153 cm³/mol. The zero-order chi connectivity index (χ0) is 29.5. The van der Waals surface area contributed by atoms with Crippen molar-refractivity contribution in [2.75, 3.05) is 24.3 Å². The molecule has 2 aromatic carbocycles. The van der Waals surface area contributed by atoms with Crippen LogP contribution in [0, 0.1) is 0 Å². The highest BCUT2D eigenvalue weighted by atomic mass is 35.5. The van der Waals surface area contributed by atoms with Crippen LogP contribution in [0.25, 0.3) is 0 Å². The zero-order valence-corrected chi connectivity index (χ0v) is 23.4. The SMILES string of the molecule is CN(C)C(=O)c1cc(NC(=O)c2ncccn2)cc(N(Cc2ccc(Cl)c(Cl)c2)C(=O)CC(=O)c2ncccn2)c1. The molecule has 0 atom stereocenters. The molecule has 13 heteroatoms. The summed E-state index contributed by atoms with van der Waals surface area (Å²) in [6.45, 7) is -0.0343. The van der Waals surface area contributed by atoms with Gasteiger partial charge in [-0.15, -0.1) is 0 Å². The van der Waals surface area contributed by atoms with Crippen LogP contribution in [0.4, 0.5) is 11.4 Å². The highest BCUT2D eigenvalue weighted by Crippen LogP contribution is 2.28. The molecule has 0 aliphatic carbocycles. The van der Waals surface area contributed by atoms with E-state index < -0.39 is 24.0 Å². The van der Waals surface area contributed by atoms with E-state index >= 15 is 0 Å². The minimum Gasteiger partial charge on any atom is -0.345 e. The highest BCUT2D eigenvalue weighted by molar-refractivity contribution is 6.42. The first-order chi connectivity index (χ1) is 19.6. The summed E-state index contributed by atoms with van der Waals surface area (Å²) in [5.74, 6) is -2.39. The largest absolute Gasteiger partial charge is 0.345 e. The van der Waals surface area contributed by atoms with Crippen molar-refractivity contribution in [2.45, 2.75) is 13.0 Å². The zero-order valence-electron chi connectivity index (χ0n) is 21.9. The number of amides is 3. The lowest BCUT2D eigenvalue weighted by atomic mass is 10.1. The molecule has 0 unspecified atom stereocenters. The summed E-state index contributed by atoms with van der Waals surface area (Å²) in [6, 6.07) is 12.5. The molecule has 4 rings (SSSR count). The second-order valence-corrected chi connectivity index (χ2v) is 9.71. The molecule has 3 amide bonds. The normalized spacial score (nSPS) is 10.5. The van der Waals surface area contributed by atoms with Crippen LogP contribution in [0.1, 0.15) is 43.6 Å². The van der Waals surface area contributed by atoms with E-state index in [4.69, 9.17) is 23.2 Å². The molecule has 0 radical (unpaired) electrons. The van der Waals surface area contributed by atoms with Gasteiger partial charge in [-0.25, -0.2) is 19.9 Å². The third kappa shape index (κ3) is 7.47. The van der Waals surface area contributed by atoms with Crippen LogP contribution in [0.3, 0.4) is 0 Å². The molecule has 1 N–H and O–H groups in total. The summed E-state index contributed by atoms with van der Waals surface area (Å²) >= 11 is 12.3. The van der Waals surface area contributed by atoms with Gasteiger partial charge in [0.05, 0.1) is 23.0 Å². The van der Waals surface area contributed by atoms with Crippen molar-refractivity contribution >= 4 is 58.1 Å². The Kier molecular flexibility index (Phi) is 9.33. The Hall–Kier alpha value is -4.74. The predicted octanol–water partition coefficient (Wildman–Crippen LogP) is 4.33. The molecule has 0 saturated heterocycles. The van der Waals surface area contributed by atoms with Gasteiger partial charge in [-0.3, -0.25) is 19.2 Å². The van der Waals surface area contributed by atoms with Gasteiger partial charge in [0.1, 0.15) is 0 Å². The number of Topliss-reactive ketones (excluding diaryl/α,β-unsaturated/α-hetero) is 1. The van der Waals surface area contributed by atoms with E-state index in [0.717, 1.165) is 0 Å². The van der Waals surface area contributed by atoms with Crippen LogP contribution < -0.4 is 10.2 Å². The second kappa shape index (κ2) is 13.1. The number of nitrogens with zero attached hydrogens (tertiary/aromatic N) is 6. The fraction of sp³-hybridized carbons (Fsp3) is 0.143. The minimum atomic E-state index is -0.621. The number of rotatable bonds is 9. The summed E-state index contributed by atoms with van der Waals surface area (Å²) < 4.78 is 0. The summed E-state index contributed by atoms with van der Waals surface area (Å²) in [7, 11) is 3.14. The van der Waals surface area contributed by atoms with Gasteiger partial charge in [-0.05, 0) is 48.0 Å². The molecule has 41 heavy (non-hydrogen) atoms. The Labute approximate surface area is 245 Å². The summed E-state index contributed by atoms with van der Waals surface area (Å²) in [6.07, 6.45) is 5.09. The quantitative estimate of drug-likeness (QED) is 0.224. The Morgan fingerprint density at radius 2 is 1.44 bits per heavy atom. The fourth-order valence-corrected chi connectivity index (χ4v) is 4.04. The van der Waals surface area contributed by atoms with E-state index in [0.29, 0.717) is 10.6 Å².